The van der Waals surface area contributed by atoms with Crippen LogP contribution in [0.5, 0.6) is 0 Å². The summed E-state index contributed by atoms with van der Waals surface area (Å²) in [4.78, 5) is 3.78. The summed E-state index contributed by atoms with van der Waals surface area (Å²) < 4.78 is 1.73. The van der Waals surface area contributed by atoms with E-state index in [0.29, 0.717) is 5.88 Å². The predicted molar refractivity (Wildman–Crippen MR) is 35.5 cm³/mol. The number of halogens is 1. The normalized spacial score (nSPS) is 13.6. The summed E-state index contributed by atoms with van der Waals surface area (Å²) in [6.07, 6.45) is 3.16. The first-order chi connectivity index (χ1) is 4.34. The highest BCUT2D eigenvalue weighted by Gasteiger charge is 2.00. The lowest BCUT2D eigenvalue weighted by atomic mass is 10.4. The summed E-state index contributed by atoms with van der Waals surface area (Å²) in [6.45, 7) is 1.99. The lowest BCUT2D eigenvalue weighted by molar-refractivity contribution is 0.536. The molecule has 0 saturated heterocycles. The Hall–Kier alpha value is -0.570. The van der Waals surface area contributed by atoms with E-state index in [9.17, 15) is 0 Å². The van der Waals surface area contributed by atoms with Crippen molar-refractivity contribution in [1.29, 1.82) is 0 Å². The fraction of sp³-hybridized carbons (Fsp3) is 0.600. The van der Waals surface area contributed by atoms with E-state index < -0.39 is 0 Å². The third-order valence-electron chi connectivity index (χ3n) is 1.11. The molecule has 0 unspecified atom stereocenters. The van der Waals surface area contributed by atoms with E-state index in [1.165, 1.54) is 6.33 Å². The summed E-state index contributed by atoms with van der Waals surface area (Å²) in [5.74, 6) is 0.573. The first kappa shape index (κ1) is 6.55. The highest BCUT2D eigenvalue weighted by molar-refractivity contribution is 6.18. The molecule has 1 aromatic heterocycles. The van der Waals surface area contributed by atoms with Gasteiger partial charge in [0.1, 0.15) is 12.7 Å². The zero-order chi connectivity index (χ0) is 6.69. The molecule has 1 aromatic rings. The fourth-order valence-electron chi connectivity index (χ4n) is 0.516. The second-order valence-electron chi connectivity index (χ2n) is 1.88. The third-order valence-corrected chi connectivity index (χ3v) is 1.56. The largest absolute Gasteiger partial charge is 0.249 e. The van der Waals surface area contributed by atoms with Crippen LogP contribution in [0.2, 0.25) is 0 Å². The summed E-state index contributed by atoms with van der Waals surface area (Å²) in [5.41, 5.74) is 0. The minimum atomic E-state index is 0.245. The molecule has 0 fully saturated rings. The van der Waals surface area contributed by atoms with Crippen molar-refractivity contribution in [2.24, 2.45) is 0 Å². The van der Waals surface area contributed by atoms with Crippen molar-refractivity contribution < 1.29 is 0 Å². The van der Waals surface area contributed by atoms with Crippen molar-refractivity contribution in [2.75, 3.05) is 5.88 Å². The maximum Gasteiger partial charge on any atom is 0.137 e. The molecular weight excluding hydrogens is 138 g/mol. The molecule has 0 saturated carbocycles. The Bertz CT molecular complexity index is 161. The lowest BCUT2D eigenvalue weighted by Crippen LogP contribution is -2.06. The molecule has 0 aliphatic carbocycles. The van der Waals surface area contributed by atoms with Crippen molar-refractivity contribution >= 4 is 11.6 Å². The highest BCUT2D eigenvalue weighted by atomic mass is 35.5. The van der Waals surface area contributed by atoms with Gasteiger partial charge in [-0.3, -0.25) is 0 Å². The molecule has 0 radical (unpaired) electrons. The van der Waals surface area contributed by atoms with Gasteiger partial charge in [0.15, 0.2) is 0 Å². The molecule has 0 bridgehead atoms. The molecule has 50 valence electrons. The standard InChI is InChI=1S/C5H8ClN3/c1-5(2-6)9-4-7-3-8-9/h3-5H,2H2,1H3/t5-/m1/s1. The van der Waals surface area contributed by atoms with Gasteiger partial charge >= 0.3 is 0 Å². The van der Waals surface area contributed by atoms with Crippen molar-refractivity contribution in [3.05, 3.63) is 12.7 Å². The quantitative estimate of drug-likeness (QED) is 0.583. The molecule has 0 aliphatic rings. The van der Waals surface area contributed by atoms with Crippen LogP contribution in [-0.4, -0.2) is 20.6 Å². The lowest BCUT2D eigenvalue weighted by Gasteiger charge is -2.04. The summed E-state index contributed by atoms with van der Waals surface area (Å²) in [5, 5.41) is 3.91. The van der Waals surface area contributed by atoms with E-state index >= 15 is 0 Å². The van der Waals surface area contributed by atoms with Gasteiger partial charge in [0.25, 0.3) is 0 Å². The second-order valence-corrected chi connectivity index (χ2v) is 2.19. The van der Waals surface area contributed by atoms with Gasteiger partial charge in [-0.1, -0.05) is 0 Å². The van der Waals surface area contributed by atoms with E-state index in [1.807, 2.05) is 6.92 Å². The van der Waals surface area contributed by atoms with Gasteiger partial charge in [-0.05, 0) is 6.92 Å². The van der Waals surface area contributed by atoms with Gasteiger partial charge in [-0.15, -0.1) is 11.6 Å². The minimum absolute atomic E-state index is 0.245. The third kappa shape index (κ3) is 1.42. The molecule has 3 nitrogen and oxygen atoms in total. The van der Waals surface area contributed by atoms with Gasteiger partial charge < -0.3 is 0 Å². The molecule has 0 spiro atoms. The molecule has 0 N–H and O–H groups in total. The predicted octanol–water partition coefficient (Wildman–Crippen LogP) is 1.08. The first-order valence-corrected chi connectivity index (χ1v) is 3.28. The maximum atomic E-state index is 5.55. The Morgan fingerprint density at radius 3 is 3.00 bits per heavy atom. The Morgan fingerprint density at radius 2 is 2.56 bits per heavy atom. The van der Waals surface area contributed by atoms with Gasteiger partial charge in [0.05, 0.1) is 6.04 Å². The van der Waals surface area contributed by atoms with Crippen LogP contribution in [0.1, 0.15) is 13.0 Å². The molecule has 1 atom stereocenters. The summed E-state index contributed by atoms with van der Waals surface area (Å²) in [7, 11) is 0. The first-order valence-electron chi connectivity index (χ1n) is 2.74. The number of aromatic nitrogens is 3. The van der Waals surface area contributed by atoms with Gasteiger partial charge in [0, 0.05) is 5.88 Å². The topological polar surface area (TPSA) is 30.7 Å². The van der Waals surface area contributed by atoms with Crippen LogP contribution < -0.4 is 0 Å². The maximum absolute atomic E-state index is 5.55. The zero-order valence-corrected chi connectivity index (χ0v) is 5.91. The van der Waals surface area contributed by atoms with Crippen LogP contribution >= 0.6 is 11.6 Å². The van der Waals surface area contributed by atoms with Crippen LogP contribution in [0.25, 0.3) is 0 Å². The summed E-state index contributed by atoms with van der Waals surface area (Å²) in [6, 6.07) is 0.245. The van der Waals surface area contributed by atoms with Crippen LogP contribution in [0.4, 0.5) is 0 Å². The molecule has 4 heteroatoms. The smallest absolute Gasteiger partial charge is 0.137 e. The van der Waals surface area contributed by atoms with Crippen molar-refractivity contribution in [1.82, 2.24) is 14.8 Å². The van der Waals surface area contributed by atoms with E-state index in [4.69, 9.17) is 11.6 Å². The van der Waals surface area contributed by atoms with Crippen molar-refractivity contribution in [2.45, 2.75) is 13.0 Å². The number of rotatable bonds is 2. The molecule has 0 aliphatic heterocycles. The fourth-order valence-corrected chi connectivity index (χ4v) is 0.657. The Balaban J connectivity index is 2.65. The van der Waals surface area contributed by atoms with E-state index in [1.54, 1.807) is 11.0 Å². The Morgan fingerprint density at radius 1 is 1.78 bits per heavy atom. The number of nitrogens with zero attached hydrogens (tertiary/aromatic N) is 3. The van der Waals surface area contributed by atoms with E-state index in [-0.39, 0.29) is 6.04 Å². The average molecular weight is 146 g/mol. The molecule has 0 amide bonds. The van der Waals surface area contributed by atoms with Crippen LogP contribution in [0.3, 0.4) is 0 Å². The van der Waals surface area contributed by atoms with Crippen molar-refractivity contribution in [3.8, 4) is 0 Å². The zero-order valence-electron chi connectivity index (χ0n) is 5.16. The van der Waals surface area contributed by atoms with Gasteiger partial charge in [-0.2, -0.15) is 5.10 Å². The van der Waals surface area contributed by atoms with E-state index in [2.05, 4.69) is 10.1 Å². The molecular formula is C5H8ClN3. The van der Waals surface area contributed by atoms with Crippen LogP contribution in [0, 0.1) is 0 Å². The van der Waals surface area contributed by atoms with E-state index in [0.717, 1.165) is 0 Å². The molecule has 1 rings (SSSR count). The van der Waals surface area contributed by atoms with Crippen LogP contribution in [-0.2, 0) is 0 Å². The van der Waals surface area contributed by atoms with Crippen LogP contribution in [0.15, 0.2) is 12.7 Å². The SMILES string of the molecule is C[C@H](CCl)n1cncn1. The number of alkyl halides is 1. The molecule has 9 heavy (non-hydrogen) atoms. The Kier molecular flexibility index (Phi) is 2.05. The Labute approximate surface area is 58.7 Å². The number of hydrogen-bond acceptors (Lipinski definition) is 2. The van der Waals surface area contributed by atoms with Gasteiger partial charge in [-0.25, -0.2) is 9.67 Å². The minimum Gasteiger partial charge on any atom is -0.249 e. The monoisotopic (exact) mass is 145 g/mol. The molecule has 1 heterocycles. The highest BCUT2D eigenvalue weighted by Crippen LogP contribution is 2.02. The summed E-state index contributed by atoms with van der Waals surface area (Å²) >= 11 is 5.55. The van der Waals surface area contributed by atoms with Crippen molar-refractivity contribution in [3.63, 3.8) is 0 Å². The second kappa shape index (κ2) is 2.82. The average Bonchev–Trinajstić information content (AvgIpc) is 2.37. The number of hydrogen-bond donors (Lipinski definition) is 0. The van der Waals surface area contributed by atoms with Gasteiger partial charge in [0.2, 0.25) is 0 Å². The molecule has 0 aromatic carbocycles.